The van der Waals surface area contributed by atoms with E-state index in [1.54, 1.807) is 0 Å². The molecule has 0 saturated carbocycles. The van der Waals surface area contributed by atoms with Crippen LogP contribution in [-0.2, 0) is 10.8 Å². The van der Waals surface area contributed by atoms with Gasteiger partial charge >= 0.3 is 0 Å². The minimum absolute atomic E-state index is 0.454. The lowest BCUT2D eigenvalue weighted by Crippen LogP contribution is -2.26. The number of rotatable bonds is 5. The van der Waals surface area contributed by atoms with E-state index in [-0.39, 0.29) is 0 Å². The second-order valence-electron chi connectivity index (χ2n) is 18.0. The van der Waals surface area contributed by atoms with Gasteiger partial charge in [-0.05, 0) is 150 Å². The van der Waals surface area contributed by atoms with Crippen LogP contribution in [-0.4, -0.2) is 7.05 Å². The summed E-state index contributed by atoms with van der Waals surface area (Å²) in [6.07, 6.45) is 0. The van der Waals surface area contributed by atoms with Gasteiger partial charge in [-0.3, -0.25) is 0 Å². The summed E-state index contributed by atoms with van der Waals surface area (Å²) >= 11 is 0. The second kappa shape index (κ2) is 13.4. The van der Waals surface area contributed by atoms with Crippen LogP contribution in [0.25, 0.3) is 44.5 Å². The molecule has 65 heavy (non-hydrogen) atoms. The molecule has 0 unspecified atom stereocenters. The minimum Gasteiger partial charge on any atom is -0.345 e. The fraction of sp³-hybridized carbons (Fsp3) is 0.0476. The Morgan fingerprint density at radius 3 is 0.846 bits per heavy atom. The first kappa shape index (κ1) is 36.3. The van der Waals surface area contributed by atoms with E-state index in [1.165, 1.54) is 89.0 Å². The van der Waals surface area contributed by atoms with Crippen molar-refractivity contribution in [3.63, 3.8) is 0 Å². The van der Waals surface area contributed by atoms with E-state index in [9.17, 15) is 0 Å². The van der Waals surface area contributed by atoms with Crippen molar-refractivity contribution in [2.45, 2.75) is 10.8 Å². The molecule has 10 aromatic carbocycles. The van der Waals surface area contributed by atoms with Crippen LogP contribution in [0.15, 0.2) is 237 Å². The number of para-hydroxylation sites is 1. The first-order valence-corrected chi connectivity index (χ1v) is 22.7. The smallest absolute Gasteiger partial charge is 0.0726 e. The molecule has 2 nitrogen and oxygen atoms in total. The van der Waals surface area contributed by atoms with Gasteiger partial charge in [0.2, 0.25) is 0 Å². The molecule has 14 rings (SSSR count). The Labute approximate surface area is 380 Å². The van der Waals surface area contributed by atoms with Crippen LogP contribution in [0, 0.1) is 0 Å². The lowest BCUT2D eigenvalue weighted by Gasteiger charge is -2.33. The molecule has 304 valence electrons. The van der Waals surface area contributed by atoms with E-state index < -0.39 is 10.8 Å². The maximum absolute atomic E-state index is 2.51. The predicted molar refractivity (Wildman–Crippen MR) is 268 cm³/mol. The third-order valence-corrected chi connectivity index (χ3v) is 15.1. The lowest BCUT2D eigenvalue weighted by molar-refractivity contribution is 0.792. The number of fused-ring (bicyclic) bond motifs is 20. The van der Waals surface area contributed by atoms with Crippen molar-refractivity contribution in [1.82, 2.24) is 0 Å². The van der Waals surface area contributed by atoms with Crippen molar-refractivity contribution < 1.29 is 0 Å². The molecule has 4 aliphatic rings. The highest BCUT2D eigenvalue weighted by molar-refractivity contribution is 5.98. The van der Waals surface area contributed by atoms with Crippen molar-refractivity contribution in [2.75, 3.05) is 16.8 Å². The zero-order valence-electron chi connectivity index (χ0n) is 35.9. The standard InChI is InChI=1S/C63H42N2/c1-64(41-17-3-2-4-18-41)42-31-33-43(34-32-42)65(44-35-37-52-50-23-9-15-29-58(50)62(60(52)39-44)54-25-11-5-19-46(54)47-20-6-12-26-55(47)62)45-36-38-53-51-24-10-16-30-59(51)63(61(53)40-45)56-27-13-7-21-48(56)49-22-8-14-28-57(49)63/h2-40H,1H3. The number of anilines is 5. The zero-order chi connectivity index (χ0) is 42.9. The topological polar surface area (TPSA) is 6.48 Å². The first-order valence-electron chi connectivity index (χ1n) is 22.7. The minimum atomic E-state index is -0.454. The van der Waals surface area contributed by atoms with E-state index in [1.807, 2.05) is 0 Å². The molecule has 0 amide bonds. The van der Waals surface area contributed by atoms with E-state index >= 15 is 0 Å². The number of nitrogens with zero attached hydrogens (tertiary/aromatic N) is 2. The van der Waals surface area contributed by atoms with Gasteiger partial charge in [-0.2, -0.15) is 0 Å². The van der Waals surface area contributed by atoms with Crippen LogP contribution < -0.4 is 9.80 Å². The summed E-state index contributed by atoms with van der Waals surface area (Å²) in [7, 11) is 2.14. The molecule has 4 aliphatic carbocycles. The Morgan fingerprint density at radius 1 is 0.231 bits per heavy atom. The SMILES string of the molecule is CN(c1ccccc1)c1ccc(N(c2ccc3c(c2)C2(c4ccccc4-c4ccccc42)c2ccccc2-3)c2ccc3c(c2)C2(c4ccccc4-c4ccccc42)c2ccccc2-3)cc1. The highest BCUT2D eigenvalue weighted by atomic mass is 15.1. The van der Waals surface area contributed by atoms with Crippen LogP contribution in [0.5, 0.6) is 0 Å². The van der Waals surface area contributed by atoms with Gasteiger partial charge in [-0.1, -0.05) is 176 Å². The molecule has 0 N–H and O–H groups in total. The molecule has 2 heteroatoms. The molecule has 2 spiro atoms. The molecular formula is C63H42N2. The molecular weight excluding hydrogens is 785 g/mol. The average molecular weight is 827 g/mol. The van der Waals surface area contributed by atoms with Crippen LogP contribution >= 0.6 is 0 Å². The molecule has 0 aliphatic heterocycles. The molecule has 0 radical (unpaired) electrons. The second-order valence-corrected chi connectivity index (χ2v) is 18.0. The third kappa shape index (κ3) is 4.68. The van der Waals surface area contributed by atoms with Gasteiger partial charge in [-0.25, -0.2) is 0 Å². The Hall–Kier alpha value is -8.20. The molecule has 10 aromatic rings. The monoisotopic (exact) mass is 826 g/mol. The lowest BCUT2D eigenvalue weighted by atomic mass is 9.70. The highest BCUT2D eigenvalue weighted by Crippen LogP contribution is 2.65. The summed E-state index contributed by atoms with van der Waals surface area (Å²) < 4.78 is 0. The maximum atomic E-state index is 2.51. The van der Waals surface area contributed by atoms with Gasteiger partial charge in [0.05, 0.1) is 10.8 Å². The van der Waals surface area contributed by atoms with E-state index in [2.05, 4.69) is 253 Å². The largest absolute Gasteiger partial charge is 0.345 e. The Bertz CT molecular complexity index is 3260. The first-order chi connectivity index (χ1) is 32.2. The Morgan fingerprint density at radius 2 is 0.492 bits per heavy atom. The summed E-state index contributed by atoms with van der Waals surface area (Å²) in [6, 6.07) is 88.7. The van der Waals surface area contributed by atoms with Crippen molar-refractivity contribution >= 4 is 28.4 Å². The maximum Gasteiger partial charge on any atom is 0.0726 e. The van der Waals surface area contributed by atoms with Crippen molar-refractivity contribution in [1.29, 1.82) is 0 Å². The zero-order valence-corrected chi connectivity index (χ0v) is 35.9. The molecule has 0 bridgehead atoms. The fourth-order valence-corrected chi connectivity index (χ4v) is 12.5. The predicted octanol–water partition coefficient (Wildman–Crippen LogP) is 15.6. The summed E-state index contributed by atoms with van der Waals surface area (Å²) in [4.78, 5) is 4.75. The van der Waals surface area contributed by atoms with Gasteiger partial charge in [0.15, 0.2) is 0 Å². The number of hydrogen-bond acceptors (Lipinski definition) is 2. The summed E-state index contributed by atoms with van der Waals surface area (Å²) in [5, 5.41) is 0. The van der Waals surface area contributed by atoms with Crippen molar-refractivity contribution in [3.8, 4) is 44.5 Å². The average Bonchev–Trinajstić information content (AvgIpc) is 4.06. The van der Waals surface area contributed by atoms with Crippen LogP contribution in [0.1, 0.15) is 44.5 Å². The third-order valence-electron chi connectivity index (χ3n) is 15.1. The summed E-state index contributed by atoms with van der Waals surface area (Å²) in [5.74, 6) is 0. The summed E-state index contributed by atoms with van der Waals surface area (Å²) in [6.45, 7) is 0. The molecule has 0 fully saturated rings. The fourth-order valence-electron chi connectivity index (χ4n) is 12.5. The van der Waals surface area contributed by atoms with Crippen LogP contribution in [0.4, 0.5) is 28.4 Å². The Kier molecular flexibility index (Phi) is 7.49. The van der Waals surface area contributed by atoms with Gasteiger partial charge in [0.1, 0.15) is 0 Å². The van der Waals surface area contributed by atoms with E-state index in [4.69, 9.17) is 0 Å². The molecule has 0 saturated heterocycles. The van der Waals surface area contributed by atoms with Crippen molar-refractivity contribution in [3.05, 3.63) is 281 Å². The summed E-state index contributed by atoms with van der Waals surface area (Å²) in [5.41, 5.74) is 25.9. The molecule has 0 aromatic heterocycles. The quantitative estimate of drug-likeness (QED) is 0.171. The van der Waals surface area contributed by atoms with Crippen LogP contribution in [0.3, 0.4) is 0 Å². The molecule has 0 heterocycles. The number of benzene rings is 10. The van der Waals surface area contributed by atoms with E-state index in [0.717, 1.165) is 28.4 Å². The van der Waals surface area contributed by atoms with Gasteiger partial charge in [0, 0.05) is 35.5 Å². The van der Waals surface area contributed by atoms with Gasteiger partial charge in [-0.15, -0.1) is 0 Å². The normalized spacial score (nSPS) is 14.2. The van der Waals surface area contributed by atoms with Gasteiger partial charge in [0.25, 0.3) is 0 Å². The number of hydrogen-bond donors (Lipinski definition) is 0. The van der Waals surface area contributed by atoms with Crippen LogP contribution in [0.2, 0.25) is 0 Å². The van der Waals surface area contributed by atoms with E-state index in [0.29, 0.717) is 0 Å². The molecule has 0 atom stereocenters. The van der Waals surface area contributed by atoms with Crippen molar-refractivity contribution in [2.24, 2.45) is 0 Å². The highest BCUT2D eigenvalue weighted by Gasteiger charge is 2.53. The Balaban J connectivity index is 1.02. The van der Waals surface area contributed by atoms with Gasteiger partial charge < -0.3 is 9.80 Å².